The number of furan rings is 1. The third-order valence-electron chi connectivity index (χ3n) is 8.93. The molecule has 0 amide bonds. The van der Waals surface area contributed by atoms with E-state index in [0.717, 1.165) is 48.7 Å². The first kappa shape index (κ1) is 28.1. The Morgan fingerprint density at radius 1 is 0.543 bits per heavy atom. The molecule has 0 spiro atoms. The second kappa shape index (κ2) is 11.5. The van der Waals surface area contributed by atoms with Crippen molar-refractivity contribution in [1.29, 1.82) is 0 Å². The molecular weight excluding hydrogens is 583 g/mol. The van der Waals surface area contributed by atoms with Crippen LogP contribution in [-0.2, 0) is 4.57 Å². The third kappa shape index (κ3) is 4.72. The largest absolute Gasteiger partial charge is 0.497 e. The summed E-state index contributed by atoms with van der Waals surface area (Å²) in [5.74, 6) is 1.01. The van der Waals surface area contributed by atoms with Crippen molar-refractivity contribution in [2.45, 2.75) is 5.92 Å². The summed E-state index contributed by atoms with van der Waals surface area (Å²) in [5.41, 5.74) is 2.77. The van der Waals surface area contributed by atoms with Crippen molar-refractivity contribution in [2.24, 2.45) is 0 Å². The van der Waals surface area contributed by atoms with Gasteiger partial charge in [-0.3, -0.25) is 0 Å². The van der Waals surface area contributed by atoms with Crippen molar-refractivity contribution < 1.29 is 13.7 Å². The first-order chi connectivity index (χ1) is 22.6. The van der Waals surface area contributed by atoms with Crippen molar-refractivity contribution in [2.75, 3.05) is 7.11 Å². The van der Waals surface area contributed by atoms with Gasteiger partial charge in [-0.25, -0.2) is 0 Å². The Balaban J connectivity index is 1.50. The molecule has 7 aromatic carbocycles. The van der Waals surface area contributed by atoms with Gasteiger partial charge >= 0.3 is 0 Å². The van der Waals surface area contributed by atoms with E-state index in [1.54, 1.807) is 7.11 Å². The minimum atomic E-state index is -3.46. The van der Waals surface area contributed by atoms with Crippen molar-refractivity contribution in [1.82, 2.24) is 0 Å². The highest BCUT2D eigenvalue weighted by molar-refractivity contribution is 7.85. The van der Waals surface area contributed by atoms with Gasteiger partial charge in [0.25, 0.3) is 0 Å². The van der Waals surface area contributed by atoms with Crippen LogP contribution in [0.4, 0.5) is 0 Å². The van der Waals surface area contributed by atoms with Gasteiger partial charge in [0.1, 0.15) is 17.1 Å². The van der Waals surface area contributed by atoms with E-state index in [9.17, 15) is 0 Å². The summed E-state index contributed by atoms with van der Waals surface area (Å²) in [6.07, 6.45) is 0. The number of hydrogen-bond donors (Lipinski definition) is 0. The van der Waals surface area contributed by atoms with Crippen LogP contribution in [-0.4, -0.2) is 7.11 Å². The standard InChI is InChI=1S/C42H31O3P/c1-44-35-24-25-38-39(28-35)45-41(42(38)46(43,36-16-4-2-5-17-36)37-18-6-3-7-19-37)40(33-22-20-29-12-8-10-14-31(29)26-33)34-23-21-30-13-9-11-15-32(30)27-34/h2-28,40H,1H3. The minimum Gasteiger partial charge on any atom is -0.497 e. The molecule has 46 heavy (non-hydrogen) atoms. The first-order valence-corrected chi connectivity index (χ1v) is 17.1. The van der Waals surface area contributed by atoms with Crippen molar-refractivity contribution >= 4 is 55.6 Å². The van der Waals surface area contributed by atoms with Crippen LogP contribution in [0.25, 0.3) is 32.5 Å². The normalized spacial score (nSPS) is 11.9. The average molecular weight is 615 g/mol. The van der Waals surface area contributed by atoms with Crippen molar-refractivity contribution in [3.05, 3.63) is 181 Å². The van der Waals surface area contributed by atoms with Crippen LogP contribution in [0.1, 0.15) is 22.8 Å². The maximum Gasteiger partial charge on any atom is 0.175 e. The Hall–Kier alpha value is -5.37. The van der Waals surface area contributed by atoms with E-state index < -0.39 is 7.14 Å². The molecule has 0 saturated carbocycles. The zero-order chi connectivity index (χ0) is 31.1. The van der Waals surface area contributed by atoms with Crippen LogP contribution in [0.5, 0.6) is 5.75 Å². The molecule has 0 N–H and O–H groups in total. The fraction of sp³-hybridized carbons (Fsp3) is 0.0476. The summed E-state index contributed by atoms with van der Waals surface area (Å²) in [6.45, 7) is 0. The molecule has 1 heterocycles. The molecule has 0 unspecified atom stereocenters. The van der Waals surface area contributed by atoms with Gasteiger partial charge in [0.2, 0.25) is 0 Å². The molecule has 0 aliphatic rings. The molecule has 3 nitrogen and oxygen atoms in total. The zero-order valence-electron chi connectivity index (χ0n) is 25.3. The molecule has 0 bridgehead atoms. The lowest BCUT2D eigenvalue weighted by molar-refractivity contribution is 0.414. The molecule has 0 aliphatic carbocycles. The number of ether oxygens (including phenoxy) is 1. The van der Waals surface area contributed by atoms with Crippen LogP contribution in [0.3, 0.4) is 0 Å². The van der Waals surface area contributed by atoms with E-state index in [2.05, 4.69) is 84.9 Å². The molecule has 0 radical (unpaired) electrons. The number of rotatable bonds is 7. The summed E-state index contributed by atoms with van der Waals surface area (Å²) >= 11 is 0. The number of benzene rings is 7. The quantitative estimate of drug-likeness (QED) is 0.168. The lowest BCUT2D eigenvalue weighted by Crippen LogP contribution is -2.28. The Labute approximate surface area is 268 Å². The van der Waals surface area contributed by atoms with E-state index in [-0.39, 0.29) is 5.92 Å². The van der Waals surface area contributed by atoms with Crippen LogP contribution in [0.2, 0.25) is 0 Å². The number of fused-ring (bicyclic) bond motifs is 3. The summed E-state index contributed by atoms with van der Waals surface area (Å²) in [6, 6.07) is 55.4. The van der Waals surface area contributed by atoms with Crippen LogP contribution < -0.4 is 20.7 Å². The topological polar surface area (TPSA) is 39.4 Å². The second-order valence-corrected chi connectivity index (χ2v) is 14.3. The van der Waals surface area contributed by atoms with E-state index in [0.29, 0.717) is 22.4 Å². The molecule has 8 aromatic rings. The van der Waals surface area contributed by atoms with Crippen LogP contribution in [0.15, 0.2) is 168 Å². The second-order valence-electron chi connectivity index (χ2n) is 11.6. The maximum absolute atomic E-state index is 16.2. The molecule has 8 rings (SSSR count). The Bertz CT molecular complexity index is 2270. The lowest BCUT2D eigenvalue weighted by Gasteiger charge is -2.24. The average Bonchev–Trinajstić information content (AvgIpc) is 3.50. The van der Waals surface area contributed by atoms with Gasteiger partial charge in [-0.1, -0.05) is 146 Å². The molecular formula is C42H31O3P. The number of methoxy groups -OCH3 is 1. The van der Waals surface area contributed by atoms with Gasteiger partial charge in [0.15, 0.2) is 7.14 Å². The van der Waals surface area contributed by atoms with Gasteiger partial charge in [-0.05, 0) is 44.8 Å². The predicted octanol–water partition coefficient (Wildman–Crippen LogP) is 9.57. The fourth-order valence-corrected chi connectivity index (χ4v) is 9.69. The summed E-state index contributed by atoms with van der Waals surface area (Å²) in [5, 5.41) is 7.66. The van der Waals surface area contributed by atoms with E-state index in [1.165, 1.54) is 0 Å². The Morgan fingerprint density at radius 3 is 1.57 bits per heavy atom. The van der Waals surface area contributed by atoms with Crippen LogP contribution >= 0.6 is 7.14 Å². The van der Waals surface area contributed by atoms with Gasteiger partial charge in [0.05, 0.1) is 18.3 Å². The molecule has 0 saturated heterocycles. The summed E-state index contributed by atoms with van der Waals surface area (Å²) in [4.78, 5) is 0. The van der Waals surface area contributed by atoms with E-state index in [4.69, 9.17) is 9.15 Å². The first-order valence-electron chi connectivity index (χ1n) is 15.4. The molecule has 0 fully saturated rings. The molecule has 0 atom stereocenters. The smallest absolute Gasteiger partial charge is 0.175 e. The highest BCUT2D eigenvalue weighted by Crippen LogP contribution is 2.50. The van der Waals surface area contributed by atoms with Gasteiger partial charge < -0.3 is 13.7 Å². The predicted molar refractivity (Wildman–Crippen MR) is 191 cm³/mol. The Kier molecular flexibility index (Phi) is 7.05. The van der Waals surface area contributed by atoms with Gasteiger partial charge in [-0.15, -0.1) is 0 Å². The lowest BCUT2D eigenvalue weighted by atomic mass is 9.86. The van der Waals surface area contributed by atoms with Crippen LogP contribution in [0, 0.1) is 0 Å². The monoisotopic (exact) mass is 614 g/mol. The highest BCUT2D eigenvalue weighted by atomic mass is 31.2. The number of hydrogen-bond acceptors (Lipinski definition) is 3. The molecule has 222 valence electrons. The summed E-state index contributed by atoms with van der Waals surface area (Å²) in [7, 11) is -1.81. The SMILES string of the molecule is COc1ccc2c(P(=O)(c3ccccc3)c3ccccc3)c(C(c3ccc4ccccc4c3)c3ccc4ccccc4c3)oc2c1. The molecule has 4 heteroatoms. The molecule has 1 aromatic heterocycles. The third-order valence-corrected chi connectivity index (χ3v) is 12.1. The van der Waals surface area contributed by atoms with Crippen molar-refractivity contribution in [3.63, 3.8) is 0 Å². The van der Waals surface area contributed by atoms with Gasteiger partial charge in [-0.2, -0.15) is 0 Å². The zero-order valence-corrected chi connectivity index (χ0v) is 26.2. The van der Waals surface area contributed by atoms with Crippen molar-refractivity contribution in [3.8, 4) is 5.75 Å². The fourth-order valence-electron chi connectivity index (χ4n) is 6.68. The van der Waals surface area contributed by atoms with Gasteiger partial charge in [0, 0.05) is 22.1 Å². The van der Waals surface area contributed by atoms with E-state index >= 15 is 4.57 Å². The van der Waals surface area contributed by atoms with E-state index in [1.807, 2.05) is 78.9 Å². The maximum atomic E-state index is 16.2. The molecule has 0 aliphatic heterocycles. The highest BCUT2D eigenvalue weighted by Gasteiger charge is 2.39. The Morgan fingerprint density at radius 2 is 1.04 bits per heavy atom. The summed E-state index contributed by atoms with van der Waals surface area (Å²) < 4.78 is 28.8. The minimum absolute atomic E-state index is 0.344.